The van der Waals surface area contributed by atoms with Crippen LogP contribution in [-0.4, -0.2) is 5.71 Å². The summed E-state index contributed by atoms with van der Waals surface area (Å²) in [7, 11) is 0. The molecule has 2 nitrogen and oxygen atoms in total. The maximum Gasteiger partial charge on any atom is 0.0654 e. The molecular formula is C23H20N2. The molecule has 25 heavy (non-hydrogen) atoms. The van der Waals surface area contributed by atoms with Crippen molar-refractivity contribution in [2.75, 3.05) is 5.32 Å². The molecule has 0 unspecified atom stereocenters. The van der Waals surface area contributed by atoms with Crippen molar-refractivity contribution in [3.05, 3.63) is 101 Å². The second kappa shape index (κ2) is 6.78. The van der Waals surface area contributed by atoms with Gasteiger partial charge in [-0.05, 0) is 54.0 Å². The SMILES string of the molecule is Cc1cccc(Nc2ccc3c(c2)CN=C3/C=C/c2ccccc2)c1. The van der Waals surface area contributed by atoms with Crippen molar-refractivity contribution in [1.29, 1.82) is 0 Å². The minimum absolute atomic E-state index is 0.743. The summed E-state index contributed by atoms with van der Waals surface area (Å²) in [6.07, 6.45) is 4.22. The summed E-state index contributed by atoms with van der Waals surface area (Å²) in [5, 5.41) is 3.48. The van der Waals surface area contributed by atoms with E-state index in [2.05, 4.69) is 84.0 Å². The Labute approximate surface area is 148 Å². The fourth-order valence-electron chi connectivity index (χ4n) is 3.08. The van der Waals surface area contributed by atoms with Gasteiger partial charge in [0.25, 0.3) is 0 Å². The van der Waals surface area contributed by atoms with Crippen LogP contribution in [-0.2, 0) is 6.54 Å². The Morgan fingerprint density at radius 2 is 1.68 bits per heavy atom. The summed E-state index contributed by atoms with van der Waals surface area (Å²) < 4.78 is 0. The number of nitrogens with zero attached hydrogens (tertiary/aromatic N) is 1. The zero-order valence-corrected chi connectivity index (χ0v) is 14.2. The van der Waals surface area contributed by atoms with Gasteiger partial charge in [0.15, 0.2) is 0 Å². The molecule has 0 atom stereocenters. The van der Waals surface area contributed by atoms with E-state index in [1.807, 2.05) is 18.2 Å². The number of aliphatic imine (C=N–C) groups is 1. The summed E-state index contributed by atoms with van der Waals surface area (Å²) in [5.74, 6) is 0. The van der Waals surface area contributed by atoms with E-state index in [9.17, 15) is 0 Å². The minimum Gasteiger partial charge on any atom is -0.356 e. The lowest BCUT2D eigenvalue weighted by Crippen LogP contribution is -1.96. The van der Waals surface area contributed by atoms with E-state index in [0.29, 0.717) is 0 Å². The summed E-state index contributed by atoms with van der Waals surface area (Å²) in [6, 6.07) is 25.2. The molecule has 1 aliphatic rings. The normalized spacial score (nSPS) is 12.9. The first-order valence-electron chi connectivity index (χ1n) is 8.52. The van der Waals surface area contributed by atoms with Crippen molar-refractivity contribution in [3.63, 3.8) is 0 Å². The second-order valence-corrected chi connectivity index (χ2v) is 6.31. The van der Waals surface area contributed by atoms with Gasteiger partial charge in [-0.2, -0.15) is 0 Å². The largest absolute Gasteiger partial charge is 0.356 e. The van der Waals surface area contributed by atoms with Crippen molar-refractivity contribution in [2.24, 2.45) is 4.99 Å². The van der Waals surface area contributed by atoms with E-state index in [0.717, 1.165) is 23.6 Å². The van der Waals surface area contributed by atoms with Gasteiger partial charge < -0.3 is 5.32 Å². The molecule has 2 heteroatoms. The number of fused-ring (bicyclic) bond motifs is 1. The first-order chi connectivity index (χ1) is 12.3. The topological polar surface area (TPSA) is 24.4 Å². The van der Waals surface area contributed by atoms with Crippen LogP contribution >= 0.6 is 0 Å². The first kappa shape index (κ1) is 15.4. The van der Waals surface area contributed by atoms with Gasteiger partial charge in [-0.15, -0.1) is 0 Å². The molecule has 0 aliphatic carbocycles. The monoisotopic (exact) mass is 324 g/mol. The van der Waals surface area contributed by atoms with Crippen LogP contribution in [0, 0.1) is 6.92 Å². The number of aryl methyl sites for hydroxylation is 1. The van der Waals surface area contributed by atoms with E-state index in [1.54, 1.807) is 0 Å². The zero-order chi connectivity index (χ0) is 17.1. The van der Waals surface area contributed by atoms with Crippen LogP contribution in [0.5, 0.6) is 0 Å². The number of allylic oxidation sites excluding steroid dienone is 1. The fraction of sp³-hybridized carbons (Fsp3) is 0.0870. The van der Waals surface area contributed by atoms with Crippen LogP contribution in [0.25, 0.3) is 6.08 Å². The van der Waals surface area contributed by atoms with Gasteiger partial charge in [-0.1, -0.05) is 54.6 Å². The molecule has 1 heterocycles. The van der Waals surface area contributed by atoms with Crippen LogP contribution in [0.15, 0.2) is 83.9 Å². The Morgan fingerprint density at radius 1 is 0.840 bits per heavy atom. The van der Waals surface area contributed by atoms with E-state index < -0.39 is 0 Å². The Kier molecular flexibility index (Phi) is 4.17. The molecule has 1 N–H and O–H groups in total. The third-order valence-corrected chi connectivity index (χ3v) is 4.34. The van der Waals surface area contributed by atoms with Gasteiger partial charge in [0, 0.05) is 16.9 Å². The van der Waals surface area contributed by atoms with Crippen molar-refractivity contribution < 1.29 is 0 Å². The van der Waals surface area contributed by atoms with E-state index in [-0.39, 0.29) is 0 Å². The van der Waals surface area contributed by atoms with Crippen LogP contribution in [0.2, 0.25) is 0 Å². The quantitative estimate of drug-likeness (QED) is 0.649. The maximum atomic E-state index is 4.68. The standard InChI is InChI=1S/C23H20N2/c1-17-6-5-9-20(14-17)25-21-11-12-22-19(15-21)16-24-23(22)13-10-18-7-3-2-4-8-18/h2-15,25H,16H2,1H3/b13-10+. The molecule has 1 aliphatic heterocycles. The predicted molar refractivity (Wildman–Crippen MR) is 107 cm³/mol. The lowest BCUT2D eigenvalue weighted by atomic mass is 10.0. The fourth-order valence-corrected chi connectivity index (χ4v) is 3.08. The molecule has 3 aromatic carbocycles. The lowest BCUT2D eigenvalue weighted by Gasteiger charge is -2.09. The number of hydrogen-bond donors (Lipinski definition) is 1. The van der Waals surface area contributed by atoms with Crippen LogP contribution in [0.4, 0.5) is 11.4 Å². The number of benzene rings is 3. The minimum atomic E-state index is 0.743. The highest BCUT2D eigenvalue weighted by Gasteiger charge is 2.14. The Morgan fingerprint density at radius 3 is 2.52 bits per heavy atom. The second-order valence-electron chi connectivity index (χ2n) is 6.31. The number of anilines is 2. The maximum absolute atomic E-state index is 4.68. The van der Waals surface area contributed by atoms with Gasteiger partial charge in [0.05, 0.1) is 12.3 Å². The predicted octanol–water partition coefficient (Wildman–Crippen LogP) is 5.75. The van der Waals surface area contributed by atoms with Crippen LogP contribution in [0.1, 0.15) is 22.3 Å². The van der Waals surface area contributed by atoms with Crippen molar-refractivity contribution >= 4 is 23.2 Å². The van der Waals surface area contributed by atoms with E-state index in [1.165, 1.54) is 22.3 Å². The van der Waals surface area contributed by atoms with Gasteiger partial charge in [-0.25, -0.2) is 0 Å². The zero-order valence-electron chi connectivity index (χ0n) is 14.2. The first-order valence-corrected chi connectivity index (χ1v) is 8.52. The average molecular weight is 324 g/mol. The van der Waals surface area contributed by atoms with Crippen molar-refractivity contribution in [2.45, 2.75) is 13.5 Å². The summed E-state index contributed by atoms with van der Waals surface area (Å²) in [5.41, 5.74) is 8.21. The lowest BCUT2D eigenvalue weighted by molar-refractivity contribution is 1.11. The van der Waals surface area contributed by atoms with Crippen LogP contribution in [0.3, 0.4) is 0 Å². The summed E-state index contributed by atoms with van der Waals surface area (Å²) >= 11 is 0. The van der Waals surface area contributed by atoms with Gasteiger partial charge >= 0.3 is 0 Å². The summed E-state index contributed by atoms with van der Waals surface area (Å²) in [4.78, 5) is 4.68. The Bertz CT molecular complexity index is 953. The third kappa shape index (κ3) is 3.53. The molecule has 3 aromatic rings. The molecule has 4 rings (SSSR count). The molecule has 0 amide bonds. The molecule has 122 valence electrons. The molecule has 0 radical (unpaired) electrons. The van der Waals surface area contributed by atoms with Gasteiger partial charge in [0.1, 0.15) is 0 Å². The van der Waals surface area contributed by atoms with Crippen LogP contribution < -0.4 is 5.32 Å². The number of nitrogens with one attached hydrogen (secondary N) is 1. The number of rotatable bonds is 4. The Balaban J connectivity index is 1.52. The number of hydrogen-bond acceptors (Lipinski definition) is 2. The molecule has 0 aromatic heterocycles. The van der Waals surface area contributed by atoms with E-state index in [4.69, 9.17) is 0 Å². The molecular weight excluding hydrogens is 304 g/mol. The highest BCUT2D eigenvalue weighted by atomic mass is 14.9. The molecule has 0 fully saturated rings. The average Bonchev–Trinajstić information content (AvgIpc) is 3.03. The molecule has 0 bridgehead atoms. The highest BCUT2D eigenvalue weighted by molar-refractivity contribution is 6.13. The van der Waals surface area contributed by atoms with E-state index >= 15 is 0 Å². The molecule has 0 saturated heterocycles. The molecule has 0 spiro atoms. The highest BCUT2D eigenvalue weighted by Crippen LogP contribution is 2.26. The smallest absolute Gasteiger partial charge is 0.0654 e. The third-order valence-electron chi connectivity index (χ3n) is 4.34. The summed E-state index contributed by atoms with van der Waals surface area (Å²) in [6.45, 7) is 2.85. The van der Waals surface area contributed by atoms with Crippen molar-refractivity contribution in [3.8, 4) is 0 Å². The Hall–Kier alpha value is -3.13. The van der Waals surface area contributed by atoms with Crippen molar-refractivity contribution in [1.82, 2.24) is 0 Å². The van der Waals surface area contributed by atoms with Gasteiger partial charge in [0.2, 0.25) is 0 Å². The molecule has 0 saturated carbocycles. The van der Waals surface area contributed by atoms with Gasteiger partial charge in [-0.3, -0.25) is 4.99 Å².